The minimum atomic E-state index is -0.561. The van der Waals surface area contributed by atoms with Crippen molar-refractivity contribution >= 4 is 11.8 Å². The number of carbonyl (C=O) groups is 2. The van der Waals surface area contributed by atoms with E-state index in [1.807, 2.05) is 65.0 Å². The van der Waals surface area contributed by atoms with Gasteiger partial charge in [-0.3, -0.25) is 9.59 Å². The van der Waals surface area contributed by atoms with Crippen LogP contribution in [0.25, 0.3) is 0 Å². The molecule has 2 rings (SSSR count). The van der Waals surface area contributed by atoms with Crippen LogP contribution in [-0.4, -0.2) is 17.9 Å². The van der Waals surface area contributed by atoms with Gasteiger partial charge in [0.1, 0.15) is 6.04 Å². The van der Waals surface area contributed by atoms with Crippen LogP contribution < -0.4 is 10.6 Å². The second-order valence-electron chi connectivity index (χ2n) is 7.54. The Bertz CT molecular complexity index is 784. The van der Waals surface area contributed by atoms with Crippen molar-refractivity contribution in [1.29, 1.82) is 0 Å². The first-order valence-corrected chi connectivity index (χ1v) is 9.48. The van der Waals surface area contributed by atoms with E-state index in [-0.39, 0.29) is 30.2 Å². The average Bonchev–Trinajstić information content (AvgIpc) is 2.62. The Kier molecular flexibility index (Phi) is 7.17. The molecular formula is C23H30N2O2. The van der Waals surface area contributed by atoms with Gasteiger partial charge in [-0.1, -0.05) is 67.9 Å². The van der Waals surface area contributed by atoms with Crippen LogP contribution in [0.1, 0.15) is 49.1 Å². The number of nitrogens with one attached hydrogen (secondary N) is 2. The fourth-order valence-corrected chi connectivity index (χ4v) is 3.15. The lowest BCUT2D eigenvalue weighted by molar-refractivity contribution is -0.130. The second kappa shape index (κ2) is 9.36. The summed E-state index contributed by atoms with van der Waals surface area (Å²) in [4.78, 5) is 25.2. The molecule has 0 aromatic heterocycles. The van der Waals surface area contributed by atoms with E-state index in [4.69, 9.17) is 0 Å². The van der Waals surface area contributed by atoms with Crippen LogP contribution in [0.4, 0.5) is 0 Å². The van der Waals surface area contributed by atoms with Crippen molar-refractivity contribution < 1.29 is 9.59 Å². The molecule has 0 saturated carbocycles. The molecule has 2 N–H and O–H groups in total. The Morgan fingerprint density at radius 1 is 0.926 bits per heavy atom. The monoisotopic (exact) mass is 366 g/mol. The summed E-state index contributed by atoms with van der Waals surface area (Å²) in [6, 6.07) is 15.1. The number of rotatable bonds is 7. The van der Waals surface area contributed by atoms with Gasteiger partial charge < -0.3 is 10.6 Å². The maximum atomic E-state index is 12.8. The third-order valence-electron chi connectivity index (χ3n) is 4.73. The van der Waals surface area contributed by atoms with E-state index in [0.29, 0.717) is 0 Å². The third-order valence-corrected chi connectivity index (χ3v) is 4.73. The van der Waals surface area contributed by atoms with Crippen molar-refractivity contribution in [1.82, 2.24) is 10.6 Å². The van der Waals surface area contributed by atoms with Gasteiger partial charge in [-0.2, -0.15) is 0 Å². The second-order valence-corrected chi connectivity index (χ2v) is 7.54. The first kappa shape index (κ1) is 20.7. The fraction of sp³-hybridized carbons (Fsp3) is 0.391. The number of amides is 2. The summed E-state index contributed by atoms with van der Waals surface area (Å²) in [6.45, 7) is 9.94. The SMILES string of the molecule is Cc1ccc(C)c(C(C)NC(=O)C(NC(=O)Cc2ccccc2)C(C)C)c1. The van der Waals surface area contributed by atoms with Gasteiger partial charge in [0.2, 0.25) is 11.8 Å². The molecule has 2 unspecified atom stereocenters. The van der Waals surface area contributed by atoms with Crippen LogP contribution in [0.3, 0.4) is 0 Å². The minimum Gasteiger partial charge on any atom is -0.348 e. The van der Waals surface area contributed by atoms with Crippen molar-refractivity contribution in [3.63, 3.8) is 0 Å². The zero-order chi connectivity index (χ0) is 20.0. The van der Waals surface area contributed by atoms with E-state index in [2.05, 4.69) is 28.8 Å². The zero-order valence-corrected chi connectivity index (χ0v) is 16.9. The summed E-state index contributed by atoms with van der Waals surface area (Å²) >= 11 is 0. The Morgan fingerprint density at radius 2 is 1.59 bits per heavy atom. The van der Waals surface area contributed by atoms with Crippen molar-refractivity contribution in [3.8, 4) is 0 Å². The van der Waals surface area contributed by atoms with Crippen LogP contribution >= 0.6 is 0 Å². The van der Waals surface area contributed by atoms with Crippen LogP contribution in [0.2, 0.25) is 0 Å². The summed E-state index contributed by atoms with van der Waals surface area (Å²) in [5, 5.41) is 5.96. The maximum absolute atomic E-state index is 12.8. The molecule has 2 aromatic carbocycles. The smallest absolute Gasteiger partial charge is 0.243 e. The molecule has 2 aromatic rings. The van der Waals surface area contributed by atoms with Crippen molar-refractivity contribution in [2.24, 2.45) is 5.92 Å². The molecule has 2 atom stereocenters. The quantitative estimate of drug-likeness (QED) is 0.782. The molecule has 144 valence electrons. The summed E-state index contributed by atoms with van der Waals surface area (Å²) in [5.74, 6) is -0.301. The summed E-state index contributed by atoms with van der Waals surface area (Å²) in [7, 11) is 0. The van der Waals surface area contributed by atoms with Gasteiger partial charge in [0.15, 0.2) is 0 Å². The summed E-state index contributed by atoms with van der Waals surface area (Å²) < 4.78 is 0. The highest BCUT2D eigenvalue weighted by Crippen LogP contribution is 2.19. The first-order valence-electron chi connectivity index (χ1n) is 9.48. The first-order chi connectivity index (χ1) is 12.8. The van der Waals surface area contributed by atoms with E-state index < -0.39 is 6.04 Å². The molecule has 0 fully saturated rings. The normalized spacial score (nSPS) is 13.1. The van der Waals surface area contributed by atoms with E-state index in [1.54, 1.807) is 0 Å². The Balaban J connectivity index is 2.03. The van der Waals surface area contributed by atoms with Crippen LogP contribution in [0, 0.1) is 19.8 Å². The number of hydrogen-bond acceptors (Lipinski definition) is 2. The number of aryl methyl sites for hydroxylation is 2. The minimum absolute atomic E-state index is 0.00414. The highest BCUT2D eigenvalue weighted by molar-refractivity contribution is 5.88. The molecule has 4 nitrogen and oxygen atoms in total. The molecular weight excluding hydrogens is 336 g/mol. The molecule has 0 heterocycles. The van der Waals surface area contributed by atoms with Crippen molar-refractivity contribution in [3.05, 3.63) is 70.8 Å². The predicted molar refractivity (Wildman–Crippen MR) is 109 cm³/mol. The average molecular weight is 367 g/mol. The number of benzene rings is 2. The van der Waals surface area contributed by atoms with Gasteiger partial charge in [-0.05, 0) is 43.4 Å². The topological polar surface area (TPSA) is 58.2 Å². The maximum Gasteiger partial charge on any atom is 0.243 e. The Hall–Kier alpha value is -2.62. The molecule has 0 aliphatic rings. The highest BCUT2D eigenvalue weighted by atomic mass is 16.2. The van der Waals surface area contributed by atoms with Crippen LogP contribution in [-0.2, 0) is 16.0 Å². The van der Waals surface area contributed by atoms with Gasteiger partial charge in [0.05, 0.1) is 12.5 Å². The van der Waals surface area contributed by atoms with Gasteiger partial charge in [-0.25, -0.2) is 0 Å². The predicted octanol–water partition coefficient (Wildman–Crippen LogP) is 3.86. The van der Waals surface area contributed by atoms with Gasteiger partial charge in [0.25, 0.3) is 0 Å². The van der Waals surface area contributed by atoms with Crippen LogP contribution in [0.15, 0.2) is 48.5 Å². The molecule has 0 aliphatic heterocycles. The Labute approximate surface area is 162 Å². The molecule has 0 spiro atoms. The van der Waals surface area contributed by atoms with E-state index in [9.17, 15) is 9.59 Å². The Morgan fingerprint density at radius 3 is 2.22 bits per heavy atom. The van der Waals surface area contributed by atoms with Crippen LogP contribution in [0.5, 0.6) is 0 Å². The van der Waals surface area contributed by atoms with Crippen molar-refractivity contribution in [2.75, 3.05) is 0 Å². The fourth-order valence-electron chi connectivity index (χ4n) is 3.15. The largest absolute Gasteiger partial charge is 0.348 e. The lowest BCUT2D eigenvalue weighted by atomic mass is 9.98. The molecule has 0 saturated heterocycles. The van der Waals surface area contributed by atoms with E-state index in [0.717, 1.165) is 22.3 Å². The van der Waals surface area contributed by atoms with E-state index >= 15 is 0 Å². The zero-order valence-electron chi connectivity index (χ0n) is 16.9. The van der Waals surface area contributed by atoms with Gasteiger partial charge >= 0.3 is 0 Å². The summed E-state index contributed by atoms with van der Waals surface area (Å²) in [6.07, 6.45) is 0.268. The standard InChI is InChI=1S/C23H30N2O2/c1-15(2)22(25-21(26)14-19-9-7-6-8-10-19)23(27)24-18(5)20-13-16(3)11-12-17(20)4/h6-13,15,18,22H,14H2,1-5H3,(H,24,27)(H,25,26). The highest BCUT2D eigenvalue weighted by Gasteiger charge is 2.25. The number of carbonyl (C=O) groups excluding carboxylic acids is 2. The number of hydrogen-bond donors (Lipinski definition) is 2. The van der Waals surface area contributed by atoms with Gasteiger partial charge in [-0.15, -0.1) is 0 Å². The molecule has 4 heteroatoms. The molecule has 0 aliphatic carbocycles. The lowest BCUT2D eigenvalue weighted by Gasteiger charge is -2.25. The third kappa shape index (κ3) is 5.95. The van der Waals surface area contributed by atoms with Crippen molar-refractivity contribution in [2.45, 2.75) is 53.1 Å². The molecule has 27 heavy (non-hydrogen) atoms. The molecule has 0 bridgehead atoms. The molecule has 2 amide bonds. The van der Waals surface area contributed by atoms with E-state index in [1.165, 1.54) is 0 Å². The lowest BCUT2D eigenvalue weighted by Crippen LogP contribution is -2.50. The summed E-state index contributed by atoms with van der Waals surface area (Å²) in [5.41, 5.74) is 4.33. The van der Waals surface area contributed by atoms with Gasteiger partial charge in [0, 0.05) is 0 Å². The molecule has 0 radical (unpaired) electrons.